The topological polar surface area (TPSA) is 27.7 Å². The minimum absolute atomic E-state index is 0.295. The Morgan fingerprint density at radius 1 is 1.00 bits per heavy atom. The summed E-state index contributed by atoms with van der Waals surface area (Å²) in [7, 11) is 0. The van der Waals surface area contributed by atoms with Crippen LogP contribution in [0, 0.1) is 0 Å². The fourth-order valence-corrected chi connectivity index (χ4v) is 1.77. The average Bonchev–Trinajstić information content (AvgIpc) is 2.68. The van der Waals surface area contributed by atoms with Crippen molar-refractivity contribution in [1.82, 2.24) is 0 Å². The summed E-state index contributed by atoms with van der Waals surface area (Å²) in [5.41, 5.74) is 0. The molecule has 0 atom stereocenters. The standard InChI is InChI=1S/C12H24O3/c1-11(2)14-9-7-13-8-10-15-12-5-3-4-6-12/h11-12H,3-10H2,1-2H3. The summed E-state index contributed by atoms with van der Waals surface area (Å²) in [6, 6.07) is 0. The largest absolute Gasteiger partial charge is 0.377 e. The molecular weight excluding hydrogens is 192 g/mol. The van der Waals surface area contributed by atoms with Crippen LogP contribution in [0.3, 0.4) is 0 Å². The van der Waals surface area contributed by atoms with Gasteiger partial charge < -0.3 is 14.2 Å². The summed E-state index contributed by atoms with van der Waals surface area (Å²) in [5.74, 6) is 0. The van der Waals surface area contributed by atoms with E-state index in [2.05, 4.69) is 0 Å². The maximum atomic E-state index is 5.66. The molecule has 0 N–H and O–H groups in total. The van der Waals surface area contributed by atoms with Crippen molar-refractivity contribution in [2.75, 3.05) is 26.4 Å². The maximum Gasteiger partial charge on any atom is 0.0704 e. The van der Waals surface area contributed by atoms with Gasteiger partial charge in [0.15, 0.2) is 0 Å². The van der Waals surface area contributed by atoms with Gasteiger partial charge in [-0.25, -0.2) is 0 Å². The van der Waals surface area contributed by atoms with Gasteiger partial charge in [0.05, 0.1) is 38.6 Å². The first-order valence-corrected chi connectivity index (χ1v) is 6.10. The van der Waals surface area contributed by atoms with Crippen LogP contribution in [-0.2, 0) is 14.2 Å². The van der Waals surface area contributed by atoms with Crippen molar-refractivity contribution < 1.29 is 14.2 Å². The first-order valence-electron chi connectivity index (χ1n) is 6.10. The van der Waals surface area contributed by atoms with Gasteiger partial charge in [-0.15, -0.1) is 0 Å². The molecule has 0 unspecified atom stereocenters. The zero-order valence-corrected chi connectivity index (χ0v) is 10.0. The summed E-state index contributed by atoms with van der Waals surface area (Å²) in [6.07, 6.45) is 5.91. The molecule has 1 rings (SSSR count). The average molecular weight is 216 g/mol. The normalized spacial score (nSPS) is 17.8. The van der Waals surface area contributed by atoms with Gasteiger partial charge in [-0.3, -0.25) is 0 Å². The molecule has 3 nitrogen and oxygen atoms in total. The van der Waals surface area contributed by atoms with E-state index in [1.54, 1.807) is 0 Å². The third kappa shape index (κ3) is 6.88. The Bertz CT molecular complexity index is 142. The smallest absolute Gasteiger partial charge is 0.0704 e. The molecule has 0 aromatic carbocycles. The van der Waals surface area contributed by atoms with Crippen LogP contribution in [0.15, 0.2) is 0 Å². The van der Waals surface area contributed by atoms with Crippen LogP contribution in [0.2, 0.25) is 0 Å². The molecule has 0 bridgehead atoms. The van der Waals surface area contributed by atoms with Gasteiger partial charge in [0.1, 0.15) is 0 Å². The van der Waals surface area contributed by atoms with Crippen LogP contribution in [-0.4, -0.2) is 38.6 Å². The molecule has 0 heterocycles. The Morgan fingerprint density at radius 3 is 2.33 bits per heavy atom. The minimum Gasteiger partial charge on any atom is -0.377 e. The van der Waals surface area contributed by atoms with Crippen molar-refractivity contribution in [2.45, 2.75) is 51.7 Å². The van der Waals surface area contributed by atoms with Crippen LogP contribution in [0.25, 0.3) is 0 Å². The Hall–Kier alpha value is -0.120. The van der Waals surface area contributed by atoms with Crippen molar-refractivity contribution in [1.29, 1.82) is 0 Å². The fourth-order valence-electron chi connectivity index (χ4n) is 1.77. The minimum atomic E-state index is 0.295. The Labute approximate surface area is 93.1 Å². The zero-order valence-electron chi connectivity index (χ0n) is 10.0. The summed E-state index contributed by atoms with van der Waals surface area (Å²) in [4.78, 5) is 0. The highest BCUT2D eigenvalue weighted by Crippen LogP contribution is 2.20. The second kappa shape index (κ2) is 8.08. The molecule has 0 amide bonds. The quantitative estimate of drug-likeness (QED) is 0.583. The van der Waals surface area contributed by atoms with Crippen LogP contribution < -0.4 is 0 Å². The summed E-state index contributed by atoms with van der Waals surface area (Å²) in [5, 5.41) is 0. The van der Waals surface area contributed by atoms with Crippen LogP contribution >= 0.6 is 0 Å². The van der Waals surface area contributed by atoms with Gasteiger partial charge in [-0.2, -0.15) is 0 Å². The number of hydrogen-bond donors (Lipinski definition) is 0. The van der Waals surface area contributed by atoms with Gasteiger partial charge in [0, 0.05) is 0 Å². The van der Waals surface area contributed by atoms with Gasteiger partial charge in [-0.05, 0) is 26.7 Å². The molecule has 1 saturated carbocycles. The lowest BCUT2D eigenvalue weighted by Crippen LogP contribution is -2.15. The van der Waals surface area contributed by atoms with Crippen LogP contribution in [0.5, 0.6) is 0 Å². The lowest BCUT2D eigenvalue weighted by Gasteiger charge is -2.11. The maximum absolute atomic E-state index is 5.66. The first kappa shape index (κ1) is 12.9. The molecule has 0 aromatic heterocycles. The Morgan fingerprint density at radius 2 is 1.67 bits per heavy atom. The van der Waals surface area contributed by atoms with Gasteiger partial charge in [0.2, 0.25) is 0 Å². The Kier molecular flexibility index (Phi) is 6.98. The van der Waals surface area contributed by atoms with Gasteiger partial charge in [-0.1, -0.05) is 12.8 Å². The Balaban J connectivity index is 1.76. The summed E-state index contributed by atoms with van der Waals surface area (Å²) >= 11 is 0. The van der Waals surface area contributed by atoms with Crippen LogP contribution in [0.1, 0.15) is 39.5 Å². The third-order valence-electron chi connectivity index (χ3n) is 2.56. The highest BCUT2D eigenvalue weighted by Gasteiger charge is 2.14. The zero-order chi connectivity index (χ0) is 10.9. The van der Waals surface area contributed by atoms with E-state index in [9.17, 15) is 0 Å². The number of hydrogen-bond acceptors (Lipinski definition) is 3. The molecule has 1 fully saturated rings. The van der Waals surface area contributed by atoms with E-state index in [1.807, 2.05) is 13.8 Å². The van der Waals surface area contributed by atoms with E-state index < -0.39 is 0 Å². The van der Waals surface area contributed by atoms with E-state index in [0.29, 0.717) is 32.0 Å². The van der Waals surface area contributed by atoms with Crippen molar-refractivity contribution in [2.24, 2.45) is 0 Å². The van der Waals surface area contributed by atoms with Gasteiger partial charge in [0.25, 0.3) is 0 Å². The molecule has 15 heavy (non-hydrogen) atoms. The second-order valence-corrected chi connectivity index (χ2v) is 4.31. The van der Waals surface area contributed by atoms with E-state index in [4.69, 9.17) is 14.2 Å². The molecule has 0 spiro atoms. The highest BCUT2D eigenvalue weighted by molar-refractivity contribution is 4.66. The van der Waals surface area contributed by atoms with E-state index in [-0.39, 0.29) is 0 Å². The molecule has 0 aromatic rings. The number of ether oxygens (including phenoxy) is 3. The molecule has 0 radical (unpaired) electrons. The van der Waals surface area contributed by atoms with E-state index in [0.717, 1.165) is 6.61 Å². The molecule has 0 saturated heterocycles. The van der Waals surface area contributed by atoms with Crippen molar-refractivity contribution >= 4 is 0 Å². The second-order valence-electron chi connectivity index (χ2n) is 4.31. The summed E-state index contributed by atoms with van der Waals surface area (Å²) in [6.45, 7) is 6.84. The monoisotopic (exact) mass is 216 g/mol. The molecule has 1 aliphatic carbocycles. The van der Waals surface area contributed by atoms with E-state index in [1.165, 1.54) is 25.7 Å². The van der Waals surface area contributed by atoms with Crippen molar-refractivity contribution in [3.8, 4) is 0 Å². The first-order chi connectivity index (χ1) is 7.29. The number of rotatable bonds is 8. The highest BCUT2D eigenvalue weighted by atomic mass is 16.5. The molecule has 90 valence electrons. The molecular formula is C12H24O3. The molecule has 0 aliphatic heterocycles. The lowest BCUT2D eigenvalue weighted by molar-refractivity contribution is -0.0181. The molecule has 3 heteroatoms. The molecule has 1 aliphatic rings. The van der Waals surface area contributed by atoms with E-state index >= 15 is 0 Å². The summed E-state index contributed by atoms with van der Waals surface area (Å²) < 4.78 is 16.4. The third-order valence-corrected chi connectivity index (χ3v) is 2.56. The predicted molar refractivity (Wildman–Crippen MR) is 60.1 cm³/mol. The lowest BCUT2D eigenvalue weighted by atomic mass is 10.3. The fraction of sp³-hybridized carbons (Fsp3) is 1.00. The van der Waals surface area contributed by atoms with Crippen molar-refractivity contribution in [3.63, 3.8) is 0 Å². The SMILES string of the molecule is CC(C)OCCOCCOC1CCCC1. The predicted octanol–water partition coefficient (Wildman–Crippen LogP) is 2.39. The van der Waals surface area contributed by atoms with Crippen molar-refractivity contribution in [3.05, 3.63) is 0 Å². The van der Waals surface area contributed by atoms with Crippen LogP contribution in [0.4, 0.5) is 0 Å². The van der Waals surface area contributed by atoms with Gasteiger partial charge >= 0.3 is 0 Å².